The molecule has 158 valence electrons. The third-order valence-electron chi connectivity index (χ3n) is 6.73. The second kappa shape index (κ2) is 8.41. The van der Waals surface area contributed by atoms with Crippen molar-refractivity contribution >= 4 is 39.1 Å². The maximum absolute atomic E-state index is 3.79. The first-order valence-corrected chi connectivity index (χ1v) is 13.9. The average Bonchev–Trinajstić information content (AvgIpc) is 3.20. The second-order valence-electron chi connectivity index (χ2n) is 8.45. The lowest BCUT2D eigenvalue weighted by atomic mass is 10.1. The summed E-state index contributed by atoms with van der Waals surface area (Å²) in [5, 5.41) is 4.24. The van der Waals surface area contributed by atoms with Gasteiger partial charge in [-0.05, 0) is 59.7 Å². The first-order valence-electron chi connectivity index (χ1n) is 11.2. The van der Waals surface area contributed by atoms with Gasteiger partial charge < -0.3 is 0 Å². The highest BCUT2D eigenvalue weighted by molar-refractivity contribution is 9.10. The standard InChI is InChI=1S/C31H23BrP/c32-23-20-21-28-27-18-10-11-19-29(27)31(30(28)22-23)33(24-12-4-1-5-13-24,25-14-6-2-7-15-25)26-16-8-3-9-17-26/h1-22,31H/q+1. The fourth-order valence-corrected chi connectivity index (χ4v) is 10.8. The van der Waals surface area contributed by atoms with Crippen molar-refractivity contribution in [2.75, 3.05) is 0 Å². The van der Waals surface area contributed by atoms with Crippen molar-refractivity contribution in [3.63, 3.8) is 0 Å². The Morgan fingerprint density at radius 1 is 0.455 bits per heavy atom. The van der Waals surface area contributed by atoms with Gasteiger partial charge in [-0.25, -0.2) is 0 Å². The van der Waals surface area contributed by atoms with Gasteiger partial charge in [-0.15, -0.1) is 0 Å². The van der Waals surface area contributed by atoms with Crippen LogP contribution in [0.15, 0.2) is 138 Å². The number of fused-ring (bicyclic) bond motifs is 3. The van der Waals surface area contributed by atoms with E-state index in [4.69, 9.17) is 0 Å². The van der Waals surface area contributed by atoms with E-state index in [1.54, 1.807) is 0 Å². The van der Waals surface area contributed by atoms with Gasteiger partial charge in [0, 0.05) is 15.6 Å². The molecule has 5 aromatic carbocycles. The van der Waals surface area contributed by atoms with Crippen LogP contribution in [0.25, 0.3) is 11.1 Å². The van der Waals surface area contributed by atoms with E-state index < -0.39 is 7.26 Å². The number of rotatable bonds is 4. The van der Waals surface area contributed by atoms with Crippen LogP contribution in [0.5, 0.6) is 0 Å². The highest BCUT2D eigenvalue weighted by Gasteiger charge is 2.56. The molecule has 0 bridgehead atoms. The predicted molar refractivity (Wildman–Crippen MR) is 147 cm³/mol. The molecular weight excluding hydrogens is 483 g/mol. The maximum atomic E-state index is 3.79. The van der Waals surface area contributed by atoms with Crippen molar-refractivity contribution in [3.05, 3.63) is 149 Å². The van der Waals surface area contributed by atoms with Crippen LogP contribution in [0.2, 0.25) is 0 Å². The molecule has 6 rings (SSSR count). The van der Waals surface area contributed by atoms with Crippen LogP contribution < -0.4 is 15.9 Å². The van der Waals surface area contributed by atoms with E-state index in [0.29, 0.717) is 0 Å². The van der Waals surface area contributed by atoms with Crippen molar-refractivity contribution in [1.82, 2.24) is 0 Å². The molecule has 0 spiro atoms. The second-order valence-corrected chi connectivity index (χ2v) is 12.9. The Kier molecular flexibility index (Phi) is 5.25. The number of hydrogen-bond donors (Lipinski definition) is 0. The van der Waals surface area contributed by atoms with E-state index in [1.807, 2.05) is 0 Å². The predicted octanol–water partition coefficient (Wildman–Crippen LogP) is 7.51. The summed E-state index contributed by atoms with van der Waals surface area (Å²) in [4.78, 5) is 0. The molecule has 0 fully saturated rings. The van der Waals surface area contributed by atoms with Gasteiger partial charge >= 0.3 is 0 Å². The zero-order valence-electron chi connectivity index (χ0n) is 18.1. The number of benzene rings is 5. The van der Waals surface area contributed by atoms with E-state index in [-0.39, 0.29) is 5.66 Å². The van der Waals surface area contributed by atoms with Crippen LogP contribution in [0.1, 0.15) is 16.8 Å². The summed E-state index contributed by atoms with van der Waals surface area (Å²) in [6.45, 7) is 0. The summed E-state index contributed by atoms with van der Waals surface area (Å²) in [6, 6.07) is 49.4. The molecule has 1 atom stereocenters. The Morgan fingerprint density at radius 3 is 1.45 bits per heavy atom. The molecule has 0 amide bonds. The molecule has 1 aliphatic rings. The largest absolute Gasteiger partial charge is 0.135 e. The van der Waals surface area contributed by atoms with Gasteiger partial charge in [-0.2, -0.15) is 0 Å². The van der Waals surface area contributed by atoms with Gasteiger partial charge in [0.1, 0.15) is 28.8 Å². The first kappa shape index (κ1) is 20.6. The van der Waals surface area contributed by atoms with Gasteiger partial charge in [0.15, 0.2) is 0 Å². The van der Waals surface area contributed by atoms with Crippen LogP contribution in [-0.4, -0.2) is 0 Å². The van der Waals surface area contributed by atoms with Crippen LogP contribution >= 0.6 is 23.2 Å². The third-order valence-corrected chi connectivity index (χ3v) is 11.9. The molecule has 1 unspecified atom stereocenters. The molecule has 0 N–H and O–H groups in total. The summed E-state index contributed by atoms with van der Waals surface area (Å²) in [5.41, 5.74) is 5.79. The molecular formula is C31H23BrP+. The summed E-state index contributed by atoms with van der Waals surface area (Å²) in [6.07, 6.45) is 0. The smallest absolute Gasteiger partial charge is 0.0620 e. The average molecular weight is 506 g/mol. The third kappa shape index (κ3) is 3.22. The van der Waals surface area contributed by atoms with E-state index in [0.717, 1.165) is 4.47 Å². The fourth-order valence-electron chi connectivity index (χ4n) is 5.45. The minimum atomic E-state index is -2.11. The molecule has 0 aliphatic heterocycles. The minimum Gasteiger partial charge on any atom is -0.0620 e. The van der Waals surface area contributed by atoms with Crippen molar-refractivity contribution in [2.24, 2.45) is 0 Å². The van der Waals surface area contributed by atoms with Crippen LogP contribution in [0.4, 0.5) is 0 Å². The highest BCUT2D eigenvalue weighted by Crippen LogP contribution is 2.72. The van der Waals surface area contributed by atoms with Crippen LogP contribution in [-0.2, 0) is 0 Å². The molecule has 0 radical (unpaired) electrons. The lowest BCUT2D eigenvalue weighted by Gasteiger charge is -2.34. The van der Waals surface area contributed by atoms with Gasteiger partial charge in [-0.1, -0.05) is 101 Å². The first-order chi connectivity index (χ1) is 16.3. The Bertz CT molecular complexity index is 1320. The van der Waals surface area contributed by atoms with Gasteiger partial charge in [0.2, 0.25) is 0 Å². The van der Waals surface area contributed by atoms with Gasteiger partial charge in [0.05, 0.1) is 0 Å². The van der Waals surface area contributed by atoms with E-state index in [9.17, 15) is 0 Å². The normalized spacial score (nSPS) is 14.5. The zero-order valence-corrected chi connectivity index (χ0v) is 20.6. The van der Waals surface area contributed by atoms with Gasteiger partial charge in [-0.3, -0.25) is 0 Å². The lowest BCUT2D eigenvalue weighted by Crippen LogP contribution is -2.35. The van der Waals surface area contributed by atoms with Crippen LogP contribution in [0, 0.1) is 0 Å². The number of halogens is 1. The molecule has 0 nitrogen and oxygen atoms in total. The molecule has 5 aromatic rings. The van der Waals surface area contributed by atoms with E-state index in [1.165, 1.54) is 38.2 Å². The van der Waals surface area contributed by atoms with Crippen molar-refractivity contribution < 1.29 is 0 Å². The molecule has 2 heteroatoms. The Hall–Kier alpha value is -2.99. The summed E-state index contributed by atoms with van der Waals surface area (Å²) >= 11 is 3.79. The molecule has 33 heavy (non-hydrogen) atoms. The Labute approximate surface area is 204 Å². The molecule has 1 aliphatic carbocycles. The lowest BCUT2D eigenvalue weighted by molar-refractivity contribution is 1.19. The monoisotopic (exact) mass is 505 g/mol. The Balaban J connectivity index is 1.80. The fraction of sp³-hybridized carbons (Fsp3) is 0.0323. The topological polar surface area (TPSA) is 0 Å². The molecule has 0 heterocycles. The quantitative estimate of drug-likeness (QED) is 0.221. The molecule has 0 saturated carbocycles. The maximum Gasteiger partial charge on any atom is 0.135 e. The van der Waals surface area contributed by atoms with E-state index >= 15 is 0 Å². The molecule has 0 aromatic heterocycles. The van der Waals surface area contributed by atoms with Crippen LogP contribution in [0.3, 0.4) is 0 Å². The number of hydrogen-bond acceptors (Lipinski definition) is 0. The highest BCUT2D eigenvalue weighted by atomic mass is 79.9. The van der Waals surface area contributed by atoms with Gasteiger partial charge in [0.25, 0.3) is 0 Å². The summed E-state index contributed by atoms with van der Waals surface area (Å²) in [5.74, 6) is 0. The van der Waals surface area contributed by atoms with Crippen molar-refractivity contribution in [3.8, 4) is 11.1 Å². The summed E-state index contributed by atoms with van der Waals surface area (Å²) in [7, 11) is -2.11. The Morgan fingerprint density at radius 2 is 0.909 bits per heavy atom. The summed E-state index contributed by atoms with van der Waals surface area (Å²) < 4.78 is 1.13. The SMILES string of the molecule is Brc1ccc2c(c1)C([P+](c1ccccc1)(c1ccccc1)c1ccccc1)c1ccccc1-2. The van der Waals surface area contributed by atoms with Crippen molar-refractivity contribution in [1.29, 1.82) is 0 Å². The van der Waals surface area contributed by atoms with Crippen molar-refractivity contribution in [2.45, 2.75) is 5.66 Å². The minimum absolute atomic E-state index is 0.244. The molecule has 0 saturated heterocycles. The van der Waals surface area contributed by atoms with E-state index in [2.05, 4.69) is 149 Å². The zero-order chi connectivity index (χ0) is 22.3.